The van der Waals surface area contributed by atoms with E-state index in [9.17, 15) is 13.6 Å². The minimum atomic E-state index is -0.748. The Kier molecular flexibility index (Phi) is 5.28. The largest absolute Gasteiger partial charge is 0.353 e. The molecule has 2 aromatic heterocycles. The van der Waals surface area contributed by atoms with E-state index in [0.717, 1.165) is 18.0 Å². The van der Waals surface area contributed by atoms with Gasteiger partial charge in [-0.05, 0) is 24.3 Å². The number of aromatic nitrogens is 3. The van der Waals surface area contributed by atoms with E-state index in [1.165, 1.54) is 18.5 Å². The molecule has 7 nitrogen and oxygen atoms in total. The van der Waals surface area contributed by atoms with Gasteiger partial charge in [-0.3, -0.25) is 4.79 Å². The second kappa shape index (κ2) is 8.17. The number of amides is 1. The molecule has 0 bridgehead atoms. The van der Waals surface area contributed by atoms with Crippen LogP contribution in [0.25, 0.3) is 0 Å². The molecule has 148 valence electrons. The Hall–Kier alpha value is -3.62. The maximum absolute atomic E-state index is 13.8. The number of hydrogen-bond donors (Lipinski definition) is 1. The number of carbonyl (C=O) groups excluding carboxylic acids is 1. The minimum Gasteiger partial charge on any atom is -0.353 e. The maximum Gasteiger partial charge on any atom is 0.272 e. The third kappa shape index (κ3) is 4.13. The van der Waals surface area contributed by atoms with Crippen molar-refractivity contribution in [2.75, 3.05) is 36.4 Å². The molecular weight excluding hydrogens is 378 g/mol. The van der Waals surface area contributed by atoms with Crippen molar-refractivity contribution in [3.8, 4) is 0 Å². The van der Waals surface area contributed by atoms with Gasteiger partial charge in [0.25, 0.3) is 5.91 Å². The Morgan fingerprint density at radius 1 is 0.931 bits per heavy atom. The fourth-order valence-corrected chi connectivity index (χ4v) is 3.13. The number of anilines is 3. The monoisotopic (exact) mass is 396 g/mol. The van der Waals surface area contributed by atoms with E-state index in [4.69, 9.17) is 0 Å². The topological polar surface area (TPSA) is 74.2 Å². The summed E-state index contributed by atoms with van der Waals surface area (Å²) in [4.78, 5) is 28.9. The van der Waals surface area contributed by atoms with Crippen LogP contribution in [0.2, 0.25) is 0 Å². The minimum absolute atomic E-state index is 0.138. The first-order valence-corrected chi connectivity index (χ1v) is 9.10. The zero-order chi connectivity index (χ0) is 20.2. The van der Waals surface area contributed by atoms with Gasteiger partial charge in [-0.2, -0.15) is 0 Å². The first kappa shape index (κ1) is 18.7. The lowest BCUT2D eigenvalue weighted by Crippen LogP contribution is -2.49. The molecule has 9 heteroatoms. The number of para-hydroxylation sites is 1. The smallest absolute Gasteiger partial charge is 0.272 e. The van der Waals surface area contributed by atoms with Crippen LogP contribution in [0.4, 0.5) is 26.1 Å². The lowest BCUT2D eigenvalue weighted by molar-refractivity contribution is 0.0740. The highest BCUT2D eigenvalue weighted by Gasteiger charge is 2.24. The molecule has 0 saturated carbocycles. The third-order valence-electron chi connectivity index (χ3n) is 4.64. The van der Waals surface area contributed by atoms with Crippen molar-refractivity contribution in [2.24, 2.45) is 0 Å². The lowest BCUT2D eigenvalue weighted by atomic mass is 10.2. The van der Waals surface area contributed by atoms with Gasteiger partial charge in [0.1, 0.15) is 41.0 Å². The highest BCUT2D eigenvalue weighted by Crippen LogP contribution is 2.22. The summed E-state index contributed by atoms with van der Waals surface area (Å²) in [5, 5.41) is 2.58. The molecule has 0 unspecified atom stereocenters. The number of halogens is 2. The van der Waals surface area contributed by atoms with Crippen molar-refractivity contribution in [2.45, 2.75) is 0 Å². The molecule has 4 rings (SSSR count). The second-order valence-corrected chi connectivity index (χ2v) is 6.48. The number of rotatable bonds is 4. The highest BCUT2D eigenvalue weighted by atomic mass is 19.1. The predicted molar refractivity (Wildman–Crippen MR) is 104 cm³/mol. The van der Waals surface area contributed by atoms with Gasteiger partial charge in [-0.15, -0.1) is 0 Å². The van der Waals surface area contributed by atoms with E-state index in [0.29, 0.717) is 26.2 Å². The van der Waals surface area contributed by atoms with Gasteiger partial charge in [0, 0.05) is 38.4 Å². The number of nitrogens with zero attached hydrogens (tertiary/aromatic N) is 5. The molecule has 1 aliphatic heterocycles. The van der Waals surface area contributed by atoms with Gasteiger partial charge < -0.3 is 15.1 Å². The Labute approximate surface area is 166 Å². The number of nitrogens with one attached hydrogen (secondary N) is 1. The molecule has 0 radical (unpaired) electrons. The summed E-state index contributed by atoms with van der Waals surface area (Å²) < 4.78 is 27.7. The van der Waals surface area contributed by atoms with E-state index in [1.54, 1.807) is 11.1 Å². The van der Waals surface area contributed by atoms with E-state index in [-0.39, 0.29) is 23.1 Å². The van der Waals surface area contributed by atoms with Crippen molar-refractivity contribution in [3.05, 3.63) is 72.3 Å². The van der Waals surface area contributed by atoms with Gasteiger partial charge in [0.05, 0.1) is 0 Å². The number of hydrogen-bond acceptors (Lipinski definition) is 6. The summed E-state index contributed by atoms with van der Waals surface area (Å²) in [5.41, 5.74) is -0.167. The molecule has 1 aliphatic rings. The zero-order valence-electron chi connectivity index (χ0n) is 15.4. The summed E-state index contributed by atoms with van der Waals surface area (Å²) in [5.74, 6) is -0.742. The van der Waals surface area contributed by atoms with Crippen LogP contribution in [0.15, 0.2) is 55.0 Å². The molecule has 0 spiro atoms. The predicted octanol–water partition coefficient (Wildman–Crippen LogP) is 2.86. The molecule has 29 heavy (non-hydrogen) atoms. The van der Waals surface area contributed by atoms with Crippen LogP contribution in [-0.2, 0) is 0 Å². The number of carbonyl (C=O) groups is 1. The SMILES string of the molecule is O=C(c1cc(Nc2c(F)cccc2F)ncn1)N1CCN(c2ccccn2)CC1. The van der Waals surface area contributed by atoms with Gasteiger partial charge >= 0.3 is 0 Å². The van der Waals surface area contributed by atoms with Crippen molar-refractivity contribution < 1.29 is 13.6 Å². The van der Waals surface area contributed by atoms with Gasteiger partial charge in [-0.25, -0.2) is 23.7 Å². The third-order valence-corrected chi connectivity index (χ3v) is 4.64. The summed E-state index contributed by atoms with van der Waals surface area (Å²) in [6, 6.07) is 10.7. The van der Waals surface area contributed by atoms with E-state index in [1.807, 2.05) is 18.2 Å². The van der Waals surface area contributed by atoms with E-state index >= 15 is 0 Å². The molecule has 1 amide bonds. The molecular formula is C20H18F2N6O. The molecule has 1 fully saturated rings. The normalized spacial score (nSPS) is 14.0. The Balaban J connectivity index is 1.44. The maximum atomic E-state index is 13.8. The van der Waals surface area contributed by atoms with Gasteiger partial charge in [0.2, 0.25) is 0 Å². The van der Waals surface area contributed by atoms with E-state index in [2.05, 4.69) is 25.2 Å². The summed E-state index contributed by atoms with van der Waals surface area (Å²) in [7, 11) is 0. The van der Waals surface area contributed by atoms with Crippen LogP contribution in [-0.4, -0.2) is 51.9 Å². The molecule has 1 N–H and O–H groups in total. The van der Waals surface area contributed by atoms with Crippen LogP contribution < -0.4 is 10.2 Å². The van der Waals surface area contributed by atoms with Gasteiger partial charge in [0.15, 0.2) is 0 Å². The molecule has 0 aliphatic carbocycles. The first-order chi connectivity index (χ1) is 14.1. The second-order valence-electron chi connectivity index (χ2n) is 6.48. The van der Waals surface area contributed by atoms with Gasteiger partial charge in [-0.1, -0.05) is 12.1 Å². The van der Waals surface area contributed by atoms with Crippen LogP contribution in [0.3, 0.4) is 0 Å². The van der Waals surface area contributed by atoms with Crippen molar-refractivity contribution in [1.82, 2.24) is 19.9 Å². The van der Waals surface area contributed by atoms with Crippen molar-refractivity contribution in [3.63, 3.8) is 0 Å². The number of benzene rings is 1. The van der Waals surface area contributed by atoms with Crippen LogP contribution >= 0.6 is 0 Å². The first-order valence-electron chi connectivity index (χ1n) is 9.10. The average Bonchev–Trinajstić information content (AvgIpc) is 2.77. The summed E-state index contributed by atoms with van der Waals surface area (Å²) >= 11 is 0. The summed E-state index contributed by atoms with van der Waals surface area (Å²) in [6.45, 7) is 2.34. The molecule has 1 aromatic carbocycles. The standard InChI is InChI=1S/C20H18F2N6O/c21-14-4-3-5-15(22)19(14)26-17-12-16(24-13-25-17)20(29)28-10-8-27(9-11-28)18-6-1-2-7-23-18/h1-7,12-13H,8-11H2,(H,24,25,26). The Morgan fingerprint density at radius 3 is 2.38 bits per heavy atom. The molecule has 3 heterocycles. The van der Waals surface area contributed by atoms with Crippen molar-refractivity contribution in [1.29, 1.82) is 0 Å². The molecule has 1 saturated heterocycles. The highest BCUT2D eigenvalue weighted by molar-refractivity contribution is 5.93. The molecule has 0 atom stereocenters. The fourth-order valence-electron chi connectivity index (χ4n) is 3.13. The number of piperazine rings is 1. The summed E-state index contributed by atoms with van der Waals surface area (Å²) in [6.07, 6.45) is 2.93. The van der Waals surface area contributed by atoms with E-state index < -0.39 is 11.6 Å². The zero-order valence-corrected chi connectivity index (χ0v) is 15.4. The van der Waals surface area contributed by atoms with Crippen LogP contribution in [0, 0.1) is 11.6 Å². The Bertz CT molecular complexity index is 989. The van der Waals surface area contributed by atoms with Crippen LogP contribution in [0.1, 0.15) is 10.5 Å². The molecule has 3 aromatic rings. The lowest BCUT2D eigenvalue weighted by Gasteiger charge is -2.35. The quantitative estimate of drug-likeness (QED) is 0.731. The van der Waals surface area contributed by atoms with Crippen LogP contribution in [0.5, 0.6) is 0 Å². The average molecular weight is 396 g/mol. The van der Waals surface area contributed by atoms with Crippen molar-refractivity contribution >= 4 is 23.2 Å². The number of pyridine rings is 1. The fraction of sp³-hybridized carbons (Fsp3) is 0.200. The Morgan fingerprint density at radius 2 is 1.69 bits per heavy atom.